The Balaban J connectivity index is 2.10. The third-order valence-corrected chi connectivity index (χ3v) is 4.57. The van der Waals surface area contributed by atoms with Crippen LogP contribution in [-0.4, -0.2) is 21.2 Å². The number of benzene rings is 1. The van der Waals surface area contributed by atoms with Gasteiger partial charge in [-0.1, -0.05) is 37.5 Å². The van der Waals surface area contributed by atoms with Crippen LogP contribution in [0, 0.1) is 24.0 Å². The van der Waals surface area contributed by atoms with E-state index in [9.17, 15) is 9.18 Å². The number of nitrogens with zero attached hydrogens (tertiary/aromatic N) is 3. The fourth-order valence-electron chi connectivity index (χ4n) is 3.15. The van der Waals surface area contributed by atoms with Gasteiger partial charge in [0.25, 0.3) is 0 Å². The molecule has 1 aromatic carbocycles. The molecule has 2 N–H and O–H groups in total. The molecule has 0 unspecified atom stereocenters. The zero-order valence-corrected chi connectivity index (χ0v) is 18.1. The molecule has 0 fully saturated rings. The van der Waals surface area contributed by atoms with Gasteiger partial charge in [0.1, 0.15) is 23.4 Å². The second-order valence-corrected chi connectivity index (χ2v) is 8.66. The first-order valence-corrected chi connectivity index (χ1v) is 9.74. The van der Waals surface area contributed by atoms with E-state index in [1.807, 2.05) is 20.8 Å². The first-order valence-electron chi connectivity index (χ1n) is 9.36. The molecular formula is C21H21ClF2N4O3. The molecule has 0 radical (unpaired) electrons. The lowest BCUT2D eigenvalue weighted by atomic mass is 9.87. The molecule has 3 aromatic rings. The van der Waals surface area contributed by atoms with Gasteiger partial charge in [-0.3, -0.25) is 4.98 Å². The third kappa shape index (κ3) is 5.35. The van der Waals surface area contributed by atoms with E-state index < -0.39 is 23.8 Å². The smallest absolute Gasteiger partial charge is 0.405 e. The first-order chi connectivity index (χ1) is 14.4. The molecule has 3 rings (SSSR count). The van der Waals surface area contributed by atoms with E-state index in [-0.39, 0.29) is 44.5 Å². The zero-order valence-electron chi connectivity index (χ0n) is 17.4. The number of aryl methyl sites for hydroxylation is 1. The van der Waals surface area contributed by atoms with Crippen molar-refractivity contribution in [3.8, 4) is 22.5 Å². The highest BCUT2D eigenvalue weighted by Crippen LogP contribution is 2.37. The lowest BCUT2D eigenvalue weighted by Crippen LogP contribution is -2.23. The molecule has 1 amide bonds. The third-order valence-electron chi connectivity index (χ3n) is 4.35. The van der Waals surface area contributed by atoms with Crippen LogP contribution in [0.3, 0.4) is 0 Å². The summed E-state index contributed by atoms with van der Waals surface area (Å²) in [6.07, 6.45) is -0.397. The predicted molar refractivity (Wildman–Crippen MR) is 110 cm³/mol. The summed E-state index contributed by atoms with van der Waals surface area (Å²) in [6.45, 7) is 7.29. The van der Waals surface area contributed by atoms with E-state index in [0.717, 1.165) is 12.1 Å². The Morgan fingerprint density at radius 1 is 1.26 bits per heavy atom. The largest absolute Gasteiger partial charge is 0.440 e. The van der Waals surface area contributed by atoms with Crippen LogP contribution in [0.1, 0.15) is 44.9 Å². The summed E-state index contributed by atoms with van der Waals surface area (Å²) in [7, 11) is 0. The Bertz CT molecular complexity index is 1130. The van der Waals surface area contributed by atoms with Crippen LogP contribution in [0.4, 0.5) is 13.6 Å². The monoisotopic (exact) mass is 450 g/mol. The molecule has 2 aromatic heterocycles. The maximum atomic E-state index is 15.1. The second kappa shape index (κ2) is 8.58. The number of carbonyl (C=O) groups excluding carboxylic acids is 1. The molecule has 7 nitrogen and oxygen atoms in total. The van der Waals surface area contributed by atoms with Crippen LogP contribution < -0.4 is 5.73 Å². The lowest BCUT2D eigenvalue weighted by Gasteiger charge is -2.25. The van der Waals surface area contributed by atoms with Crippen molar-refractivity contribution in [2.75, 3.05) is 0 Å². The summed E-state index contributed by atoms with van der Waals surface area (Å²) in [5.74, 6) is -1.21. The van der Waals surface area contributed by atoms with E-state index in [4.69, 9.17) is 26.6 Å². The van der Waals surface area contributed by atoms with Gasteiger partial charge in [-0.05, 0) is 35.6 Å². The number of hydrogen-bond acceptors (Lipinski definition) is 6. The minimum atomic E-state index is -1.04. The minimum Gasteiger partial charge on any atom is -0.440 e. The Kier molecular flexibility index (Phi) is 6.26. The van der Waals surface area contributed by atoms with Gasteiger partial charge in [-0.2, -0.15) is 4.98 Å². The number of ether oxygens (including phenoxy) is 1. The normalized spacial score (nSPS) is 12.6. The van der Waals surface area contributed by atoms with Crippen molar-refractivity contribution < 1.29 is 22.8 Å². The molecule has 2 heterocycles. The number of pyridine rings is 1. The van der Waals surface area contributed by atoms with Gasteiger partial charge in [-0.15, -0.1) is 0 Å². The molecule has 0 saturated heterocycles. The van der Waals surface area contributed by atoms with E-state index in [1.165, 1.54) is 12.3 Å². The van der Waals surface area contributed by atoms with Crippen molar-refractivity contribution in [1.82, 2.24) is 15.1 Å². The molecule has 1 atom stereocenters. The second-order valence-electron chi connectivity index (χ2n) is 8.23. The van der Waals surface area contributed by atoms with Gasteiger partial charge in [0.05, 0.1) is 5.56 Å². The molecule has 31 heavy (non-hydrogen) atoms. The summed E-state index contributed by atoms with van der Waals surface area (Å²) >= 11 is 6.03. The predicted octanol–water partition coefficient (Wildman–Crippen LogP) is 5.61. The Labute approximate surface area is 182 Å². The van der Waals surface area contributed by atoms with Crippen LogP contribution in [-0.2, 0) is 4.74 Å². The summed E-state index contributed by atoms with van der Waals surface area (Å²) in [5.41, 5.74) is 5.22. The highest BCUT2D eigenvalue weighted by Gasteiger charge is 2.28. The quantitative estimate of drug-likeness (QED) is 0.541. The molecule has 0 spiro atoms. The average Bonchev–Trinajstić information content (AvgIpc) is 3.04. The Hall–Kier alpha value is -3.07. The highest BCUT2D eigenvalue weighted by molar-refractivity contribution is 6.31. The van der Waals surface area contributed by atoms with E-state index >= 15 is 4.39 Å². The van der Waals surface area contributed by atoms with Crippen molar-refractivity contribution in [2.24, 2.45) is 11.1 Å². The summed E-state index contributed by atoms with van der Waals surface area (Å²) in [5, 5.41) is 3.85. The molecule has 0 aliphatic carbocycles. The van der Waals surface area contributed by atoms with E-state index in [2.05, 4.69) is 15.1 Å². The molecule has 0 bridgehead atoms. The highest BCUT2D eigenvalue weighted by atomic mass is 35.5. The average molecular weight is 451 g/mol. The topological polar surface area (TPSA) is 104 Å². The van der Waals surface area contributed by atoms with Gasteiger partial charge >= 0.3 is 6.09 Å². The molecule has 0 saturated carbocycles. The standard InChI is InChI=1S/C21H21ClF2N4O3/c1-10-27-19(28-31-10)17-13(6-12(22)7-14(17)23)11-5-15(24)18(26-9-11)16(30-20(25)29)8-21(2,3)4/h5-7,9,16H,8H2,1-4H3,(H2,25,29)/t16-/m1/s1. The molecule has 0 aliphatic heterocycles. The lowest BCUT2D eigenvalue weighted by molar-refractivity contribution is 0.0740. The van der Waals surface area contributed by atoms with E-state index in [0.29, 0.717) is 6.42 Å². The minimum absolute atomic E-state index is 0.00479. The van der Waals surface area contributed by atoms with Gasteiger partial charge in [0.15, 0.2) is 0 Å². The van der Waals surface area contributed by atoms with Crippen molar-refractivity contribution >= 4 is 17.7 Å². The van der Waals surface area contributed by atoms with Gasteiger partial charge < -0.3 is 15.0 Å². The zero-order chi connectivity index (χ0) is 22.9. The number of amides is 1. The number of nitrogens with two attached hydrogens (primary N) is 1. The molecular weight excluding hydrogens is 430 g/mol. The van der Waals surface area contributed by atoms with E-state index in [1.54, 1.807) is 6.92 Å². The van der Waals surface area contributed by atoms with Gasteiger partial charge in [-0.25, -0.2) is 13.6 Å². The SMILES string of the molecule is Cc1nc(-c2c(F)cc(Cl)cc2-c2cnc([C@@H](CC(C)(C)C)OC(N)=O)c(F)c2)no1. The number of carbonyl (C=O) groups is 1. The van der Waals surface area contributed by atoms with Crippen molar-refractivity contribution in [2.45, 2.75) is 40.2 Å². The Morgan fingerprint density at radius 2 is 1.97 bits per heavy atom. The first kappa shape index (κ1) is 22.6. The number of rotatable bonds is 5. The van der Waals surface area contributed by atoms with Crippen LogP contribution in [0.5, 0.6) is 0 Å². The molecule has 164 valence electrons. The summed E-state index contributed by atoms with van der Waals surface area (Å²) < 4.78 is 39.9. The Morgan fingerprint density at radius 3 is 2.52 bits per heavy atom. The van der Waals surface area contributed by atoms with Crippen LogP contribution in [0.15, 0.2) is 28.9 Å². The van der Waals surface area contributed by atoms with Crippen molar-refractivity contribution in [3.05, 3.63) is 52.6 Å². The molecule has 0 aliphatic rings. The van der Waals surface area contributed by atoms with Crippen molar-refractivity contribution in [3.63, 3.8) is 0 Å². The summed E-state index contributed by atoms with van der Waals surface area (Å²) in [6, 6.07) is 3.71. The van der Waals surface area contributed by atoms with Crippen LogP contribution in [0.2, 0.25) is 5.02 Å². The fraction of sp³-hybridized carbons (Fsp3) is 0.333. The van der Waals surface area contributed by atoms with Crippen molar-refractivity contribution in [1.29, 1.82) is 0 Å². The molecule has 10 heteroatoms. The number of aromatic nitrogens is 3. The maximum Gasteiger partial charge on any atom is 0.405 e. The fourth-order valence-corrected chi connectivity index (χ4v) is 3.36. The number of hydrogen-bond donors (Lipinski definition) is 1. The number of primary amides is 1. The van der Waals surface area contributed by atoms with Gasteiger partial charge in [0.2, 0.25) is 11.7 Å². The summed E-state index contributed by atoms with van der Waals surface area (Å²) in [4.78, 5) is 19.5. The van der Waals surface area contributed by atoms with Gasteiger partial charge in [0, 0.05) is 23.7 Å². The number of halogens is 3. The van der Waals surface area contributed by atoms with Crippen LogP contribution in [0.25, 0.3) is 22.5 Å². The maximum absolute atomic E-state index is 15.1. The van der Waals surface area contributed by atoms with Crippen LogP contribution >= 0.6 is 11.6 Å².